The molecular formula is C17H17EuNO5+3. The molecule has 2 aromatic carbocycles. The van der Waals surface area contributed by atoms with Gasteiger partial charge >= 0.3 is 49.4 Å². The quantitative estimate of drug-likeness (QED) is 0.562. The van der Waals surface area contributed by atoms with E-state index in [2.05, 4.69) is 0 Å². The van der Waals surface area contributed by atoms with Gasteiger partial charge in [-0.15, -0.1) is 0 Å². The zero-order valence-corrected chi connectivity index (χ0v) is 15.2. The fourth-order valence-electron chi connectivity index (χ4n) is 2.42. The summed E-state index contributed by atoms with van der Waals surface area (Å²) in [4.78, 5) is 24.9. The number of carbonyl (C=O) groups is 1. The number of para-hydroxylation sites is 1. The SMILES string of the molecule is Cn1c(=O)c(C(=O)c2ccccc2)c(O)c2ccccc21.O.O.[Eu+3]. The van der Waals surface area contributed by atoms with Gasteiger partial charge in [0, 0.05) is 18.0 Å². The maximum Gasteiger partial charge on any atom is 3.00 e. The first-order chi connectivity index (χ1) is 10.1. The van der Waals surface area contributed by atoms with Crippen molar-refractivity contribution < 1.29 is 70.2 Å². The number of aromatic hydroxyl groups is 1. The molecule has 0 saturated carbocycles. The first kappa shape index (κ1) is 22.6. The van der Waals surface area contributed by atoms with Crippen molar-refractivity contribution in [3.8, 4) is 5.75 Å². The molecule has 0 amide bonds. The molecule has 0 bridgehead atoms. The molecule has 0 fully saturated rings. The Hall–Kier alpha value is -1.38. The molecule has 5 N–H and O–H groups in total. The number of aromatic nitrogens is 1. The average molecular weight is 467 g/mol. The standard InChI is InChI=1S/C17H13NO3.Eu.2H2O/c1-18-13-10-6-5-9-12(13)16(20)14(17(18)21)15(19)11-7-3-2-4-8-11;;;/h2-10,20H,1H3;;2*1H2/q;+3;;. The van der Waals surface area contributed by atoms with Gasteiger partial charge in [0.2, 0.25) is 5.78 Å². The van der Waals surface area contributed by atoms with Crippen molar-refractivity contribution >= 4 is 16.7 Å². The molecule has 0 aliphatic heterocycles. The van der Waals surface area contributed by atoms with Crippen LogP contribution in [0.2, 0.25) is 0 Å². The van der Waals surface area contributed by atoms with Crippen LogP contribution in [0.3, 0.4) is 0 Å². The third-order valence-corrected chi connectivity index (χ3v) is 3.54. The van der Waals surface area contributed by atoms with Crippen LogP contribution in [0.15, 0.2) is 59.4 Å². The number of fused-ring (bicyclic) bond motifs is 1. The van der Waals surface area contributed by atoms with Gasteiger partial charge in [0.05, 0.1) is 5.52 Å². The van der Waals surface area contributed by atoms with Crippen molar-refractivity contribution in [2.75, 3.05) is 0 Å². The van der Waals surface area contributed by atoms with Gasteiger partial charge in [-0.05, 0) is 12.1 Å². The summed E-state index contributed by atoms with van der Waals surface area (Å²) in [5.74, 6) is -0.734. The van der Waals surface area contributed by atoms with Gasteiger partial charge in [0.25, 0.3) is 5.56 Å². The number of rotatable bonds is 2. The van der Waals surface area contributed by atoms with Crippen LogP contribution in [-0.4, -0.2) is 26.4 Å². The molecule has 24 heavy (non-hydrogen) atoms. The first-order valence-electron chi connectivity index (χ1n) is 6.51. The fourth-order valence-corrected chi connectivity index (χ4v) is 2.42. The summed E-state index contributed by atoms with van der Waals surface area (Å²) in [6.45, 7) is 0. The van der Waals surface area contributed by atoms with E-state index < -0.39 is 11.3 Å². The topological polar surface area (TPSA) is 122 Å². The van der Waals surface area contributed by atoms with Crippen LogP contribution in [0.4, 0.5) is 0 Å². The predicted molar refractivity (Wildman–Crippen MR) is 88.0 cm³/mol. The van der Waals surface area contributed by atoms with Crippen LogP contribution >= 0.6 is 0 Å². The molecule has 0 spiro atoms. The summed E-state index contributed by atoms with van der Waals surface area (Å²) < 4.78 is 1.38. The van der Waals surface area contributed by atoms with Crippen LogP contribution in [-0.2, 0) is 7.05 Å². The maximum atomic E-state index is 12.5. The molecule has 0 saturated heterocycles. The van der Waals surface area contributed by atoms with E-state index in [4.69, 9.17) is 0 Å². The average Bonchev–Trinajstić information content (AvgIpc) is 2.53. The minimum atomic E-state index is -0.500. The second-order valence-electron chi connectivity index (χ2n) is 4.80. The number of benzene rings is 2. The van der Waals surface area contributed by atoms with Crippen LogP contribution in [0, 0.1) is 49.4 Å². The molecule has 0 aliphatic rings. The second-order valence-corrected chi connectivity index (χ2v) is 4.80. The number of ketones is 1. The number of aryl methyl sites for hydroxylation is 1. The Morgan fingerprint density at radius 3 is 2.12 bits per heavy atom. The van der Waals surface area contributed by atoms with Gasteiger partial charge < -0.3 is 20.6 Å². The molecule has 1 heterocycles. The summed E-state index contributed by atoms with van der Waals surface area (Å²) in [7, 11) is 1.59. The minimum absolute atomic E-state index is 0. The van der Waals surface area contributed by atoms with Gasteiger partial charge in [0.15, 0.2) is 0 Å². The molecule has 7 heteroatoms. The van der Waals surface area contributed by atoms with E-state index >= 15 is 0 Å². The van der Waals surface area contributed by atoms with Crippen molar-refractivity contribution in [2.45, 2.75) is 0 Å². The van der Waals surface area contributed by atoms with E-state index in [1.165, 1.54) is 4.57 Å². The first-order valence-corrected chi connectivity index (χ1v) is 6.51. The van der Waals surface area contributed by atoms with E-state index in [-0.39, 0.29) is 71.6 Å². The van der Waals surface area contributed by atoms with Gasteiger partial charge in [0.1, 0.15) is 11.3 Å². The molecule has 0 atom stereocenters. The van der Waals surface area contributed by atoms with E-state index in [0.717, 1.165) is 0 Å². The summed E-state index contributed by atoms with van der Waals surface area (Å²) in [6.07, 6.45) is 0. The Bertz CT molecular complexity index is 906. The van der Waals surface area contributed by atoms with E-state index in [1.807, 2.05) is 0 Å². The van der Waals surface area contributed by atoms with Crippen LogP contribution in [0.25, 0.3) is 10.9 Å². The molecule has 0 aliphatic carbocycles. The van der Waals surface area contributed by atoms with E-state index in [1.54, 1.807) is 61.6 Å². The van der Waals surface area contributed by atoms with Gasteiger partial charge in [-0.3, -0.25) is 9.59 Å². The monoisotopic (exact) mass is 468 g/mol. The third-order valence-electron chi connectivity index (χ3n) is 3.54. The molecule has 3 rings (SSSR count). The molecule has 3 aromatic rings. The normalized spacial score (nSPS) is 9.38. The molecular weight excluding hydrogens is 450 g/mol. The van der Waals surface area contributed by atoms with Crippen molar-refractivity contribution in [3.63, 3.8) is 0 Å². The number of hydrogen-bond donors (Lipinski definition) is 1. The summed E-state index contributed by atoms with van der Waals surface area (Å²) >= 11 is 0. The third kappa shape index (κ3) is 3.82. The molecule has 1 aromatic heterocycles. The Labute approximate surface area is 178 Å². The molecule has 0 radical (unpaired) electrons. The zero-order valence-electron chi connectivity index (χ0n) is 12.8. The summed E-state index contributed by atoms with van der Waals surface area (Å²) in [5, 5.41) is 10.8. The molecule has 6 nitrogen and oxygen atoms in total. The molecule has 124 valence electrons. The van der Waals surface area contributed by atoms with Gasteiger partial charge in [-0.1, -0.05) is 42.5 Å². The summed E-state index contributed by atoms with van der Waals surface area (Å²) in [6, 6.07) is 15.4. The van der Waals surface area contributed by atoms with E-state index in [9.17, 15) is 14.7 Å². The molecule has 0 unspecified atom stereocenters. The van der Waals surface area contributed by atoms with Crippen LogP contribution < -0.4 is 5.56 Å². The Morgan fingerprint density at radius 1 is 0.958 bits per heavy atom. The maximum absolute atomic E-state index is 12.5. The number of nitrogens with zero attached hydrogens (tertiary/aromatic N) is 1. The zero-order chi connectivity index (χ0) is 15.0. The minimum Gasteiger partial charge on any atom is -0.506 e. The summed E-state index contributed by atoms with van der Waals surface area (Å²) in [5.41, 5.74) is 0.271. The van der Waals surface area contributed by atoms with Crippen molar-refractivity contribution in [1.29, 1.82) is 0 Å². The predicted octanol–water partition coefficient (Wildman–Crippen LogP) is 0.826. The smallest absolute Gasteiger partial charge is 0.506 e. The van der Waals surface area contributed by atoms with Gasteiger partial charge in [-0.2, -0.15) is 0 Å². The van der Waals surface area contributed by atoms with Crippen LogP contribution in [0.5, 0.6) is 5.75 Å². The Kier molecular flexibility index (Phi) is 8.67. The van der Waals surface area contributed by atoms with Crippen molar-refractivity contribution in [1.82, 2.24) is 4.57 Å². The Balaban J connectivity index is 0.00000176. The Morgan fingerprint density at radius 2 is 1.50 bits per heavy atom. The number of carbonyl (C=O) groups excluding carboxylic acids is 1. The second kappa shape index (κ2) is 9.20. The van der Waals surface area contributed by atoms with E-state index in [0.29, 0.717) is 16.5 Å². The number of hydrogen-bond acceptors (Lipinski definition) is 3. The van der Waals surface area contributed by atoms with Gasteiger partial charge in [-0.25, -0.2) is 0 Å². The van der Waals surface area contributed by atoms with Crippen LogP contribution in [0.1, 0.15) is 15.9 Å². The van der Waals surface area contributed by atoms with Crippen molar-refractivity contribution in [3.05, 3.63) is 76.1 Å². The fraction of sp³-hybridized carbons (Fsp3) is 0.0588. The number of pyridine rings is 1. The largest absolute Gasteiger partial charge is 3.00 e. The van der Waals surface area contributed by atoms with Crippen molar-refractivity contribution in [2.24, 2.45) is 7.05 Å².